The van der Waals surface area contributed by atoms with E-state index in [9.17, 15) is 0 Å². The van der Waals surface area contributed by atoms with Crippen molar-refractivity contribution < 1.29 is 0 Å². The fourth-order valence-electron chi connectivity index (χ4n) is 1.56. The molecular weight excluding hydrogens is 144 g/mol. The lowest BCUT2D eigenvalue weighted by Gasteiger charge is -2.21. The van der Waals surface area contributed by atoms with Gasteiger partial charge in [-0.15, -0.1) is 0 Å². The molecule has 0 heteroatoms. The highest BCUT2D eigenvalue weighted by atomic mass is 14.2. The van der Waals surface area contributed by atoms with Crippen LogP contribution in [0.25, 0.3) is 0 Å². The summed E-state index contributed by atoms with van der Waals surface area (Å²) in [4.78, 5) is 0. The van der Waals surface area contributed by atoms with Gasteiger partial charge in [0.1, 0.15) is 0 Å². The van der Waals surface area contributed by atoms with Crippen molar-refractivity contribution in [1.29, 1.82) is 0 Å². The lowest BCUT2D eigenvalue weighted by molar-refractivity contribution is 0.354. The van der Waals surface area contributed by atoms with Crippen LogP contribution < -0.4 is 0 Å². The SMILES string of the molecule is CC(C)/C=C\C(C(C)C)C(C)C. The van der Waals surface area contributed by atoms with E-state index in [1.807, 2.05) is 0 Å². The molecule has 0 amide bonds. The summed E-state index contributed by atoms with van der Waals surface area (Å²) in [6.07, 6.45) is 4.71. The van der Waals surface area contributed by atoms with Crippen molar-refractivity contribution in [3.05, 3.63) is 12.2 Å². The molecule has 0 N–H and O–H groups in total. The Labute approximate surface area is 78.1 Å². The number of rotatable bonds is 4. The molecule has 0 rings (SSSR count). The topological polar surface area (TPSA) is 0 Å². The molecule has 0 fully saturated rings. The summed E-state index contributed by atoms with van der Waals surface area (Å²) < 4.78 is 0. The molecule has 0 heterocycles. The molecule has 12 heavy (non-hydrogen) atoms. The van der Waals surface area contributed by atoms with Gasteiger partial charge in [-0.3, -0.25) is 0 Å². The third-order valence-electron chi connectivity index (χ3n) is 2.26. The monoisotopic (exact) mass is 168 g/mol. The third-order valence-corrected chi connectivity index (χ3v) is 2.26. The Morgan fingerprint density at radius 1 is 0.667 bits per heavy atom. The Kier molecular flexibility index (Phi) is 5.28. The lowest BCUT2D eigenvalue weighted by atomic mass is 9.85. The molecular formula is C12H24. The van der Waals surface area contributed by atoms with E-state index in [0.717, 1.165) is 17.8 Å². The fourth-order valence-corrected chi connectivity index (χ4v) is 1.56. The van der Waals surface area contributed by atoms with Crippen LogP contribution in [0.15, 0.2) is 12.2 Å². The van der Waals surface area contributed by atoms with E-state index in [4.69, 9.17) is 0 Å². The summed E-state index contributed by atoms with van der Waals surface area (Å²) in [7, 11) is 0. The van der Waals surface area contributed by atoms with Gasteiger partial charge in [0.25, 0.3) is 0 Å². The normalized spacial score (nSPS) is 13.2. The summed E-state index contributed by atoms with van der Waals surface area (Å²) in [5.74, 6) is 2.96. The van der Waals surface area contributed by atoms with Crippen LogP contribution in [-0.2, 0) is 0 Å². The predicted molar refractivity (Wildman–Crippen MR) is 57.1 cm³/mol. The zero-order chi connectivity index (χ0) is 9.72. The minimum absolute atomic E-state index is 0.685. The van der Waals surface area contributed by atoms with Crippen LogP contribution >= 0.6 is 0 Å². The lowest BCUT2D eigenvalue weighted by Crippen LogP contribution is -2.12. The molecule has 0 aliphatic rings. The van der Waals surface area contributed by atoms with Gasteiger partial charge in [0.15, 0.2) is 0 Å². The second kappa shape index (κ2) is 5.40. The minimum Gasteiger partial charge on any atom is -0.0857 e. The van der Waals surface area contributed by atoms with Crippen LogP contribution in [0.2, 0.25) is 0 Å². The van der Waals surface area contributed by atoms with Gasteiger partial charge >= 0.3 is 0 Å². The van der Waals surface area contributed by atoms with Gasteiger partial charge in [-0.1, -0.05) is 53.7 Å². The molecule has 0 aliphatic heterocycles. The molecule has 0 saturated carbocycles. The van der Waals surface area contributed by atoms with E-state index in [1.165, 1.54) is 0 Å². The predicted octanol–water partition coefficient (Wildman–Crippen LogP) is 4.13. The van der Waals surface area contributed by atoms with Gasteiger partial charge in [-0.25, -0.2) is 0 Å². The van der Waals surface area contributed by atoms with Crippen molar-refractivity contribution in [3.63, 3.8) is 0 Å². The molecule has 72 valence electrons. The van der Waals surface area contributed by atoms with Gasteiger partial charge in [0.05, 0.1) is 0 Å². The first-order valence-electron chi connectivity index (χ1n) is 5.13. The molecule has 0 bridgehead atoms. The first-order valence-corrected chi connectivity index (χ1v) is 5.13. The molecule has 0 aromatic heterocycles. The quantitative estimate of drug-likeness (QED) is 0.554. The number of hydrogen-bond acceptors (Lipinski definition) is 0. The van der Waals surface area contributed by atoms with Gasteiger partial charge in [-0.05, 0) is 23.7 Å². The molecule has 0 aliphatic carbocycles. The Hall–Kier alpha value is -0.260. The van der Waals surface area contributed by atoms with Gasteiger partial charge in [-0.2, -0.15) is 0 Å². The van der Waals surface area contributed by atoms with Crippen molar-refractivity contribution in [3.8, 4) is 0 Å². The summed E-state index contributed by atoms with van der Waals surface area (Å²) in [6.45, 7) is 13.7. The molecule has 0 aromatic carbocycles. The van der Waals surface area contributed by atoms with Crippen LogP contribution in [0, 0.1) is 23.7 Å². The zero-order valence-electron chi connectivity index (χ0n) is 9.46. The number of hydrogen-bond donors (Lipinski definition) is 0. The van der Waals surface area contributed by atoms with E-state index in [-0.39, 0.29) is 0 Å². The van der Waals surface area contributed by atoms with E-state index in [2.05, 4.69) is 53.7 Å². The van der Waals surface area contributed by atoms with Crippen LogP contribution in [-0.4, -0.2) is 0 Å². The molecule has 0 aromatic rings. The van der Waals surface area contributed by atoms with Crippen molar-refractivity contribution in [2.75, 3.05) is 0 Å². The average molecular weight is 168 g/mol. The summed E-state index contributed by atoms with van der Waals surface area (Å²) in [5, 5.41) is 0. The first kappa shape index (κ1) is 11.7. The molecule has 0 unspecified atom stereocenters. The third kappa shape index (κ3) is 4.58. The second-order valence-electron chi connectivity index (χ2n) is 4.69. The zero-order valence-corrected chi connectivity index (χ0v) is 9.46. The van der Waals surface area contributed by atoms with Crippen LogP contribution in [0.3, 0.4) is 0 Å². The van der Waals surface area contributed by atoms with Crippen LogP contribution in [0.4, 0.5) is 0 Å². The highest BCUT2D eigenvalue weighted by Gasteiger charge is 2.13. The maximum absolute atomic E-state index is 2.39. The summed E-state index contributed by atoms with van der Waals surface area (Å²) >= 11 is 0. The van der Waals surface area contributed by atoms with Gasteiger partial charge < -0.3 is 0 Å². The second-order valence-corrected chi connectivity index (χ2v) is 4.69. The Morgan fingerprint density at radius 2 is 1.08 bits per heavy atom. The minimum atomic E-state index is 0.685. The highest BCUT2D eigenvalue weighted by Crippen LogP contribution is 2.22. The smallest absolute Gasteiger partial charge is 0.0187 e. The molecule has 0 atom stereocenters. The van der Waals surface area contributed by atoms with E-state index in [1.54, 1.807) is 0 Å². The Balaban J connectivity index is 4.14. The van der Waals surface area contributed by atoms with E-state index >= 15 is 0 Å². The molecule has 0 nitrogen and oxygen atoms in total. The first-order chi connectivity index (χ1) is 5.45. The van der Waals surface area contributed by atoms with Crippen molar-refractivity contribution in [2.45, 2.75) is 41.5 Å². The summed E-state index contributed by atoms with van der Waals surface area (Å²) in [6, 6.07) is 0. The highest BCUT2D eigenvalue weighted by molar-refractivity contribution is 4.92. The Morgan fingerprint density at radius 3 is 1.33 bits per heavy atom. The van der Waals surface area contributed by atoms with Gasteiger partial charge in [0, 0.05) is 0 Å². The standard InChI is InChI=1S/C12H24/c1-9(2)7-8-12(10(3)4)11(5)6/h7-12H,1-6H3/b8-7-. The maximum atomic E-state index is 2.39. The van der Waals surface area contributed by atoms with Crippen molar-refractivity contribution >= 4 is 0 Å². The molecule has 0 spiro atoms. The van der Waals surface area contributed by atoms with Gasteiger partial charge in [0.2, 0.25) is 0 Å². The Bertz CT molecular complexity index is 121. The maximum Gasteiger partial charge on any atom is -0.0187 e. The van der Waals surface area contributed by atoms with E-state index < -0.39 is 0 Å². The van der Waals surface area contributed by atoms with E-state index in [0.29, 0.717) is 5.92 Å². The fraction of sp³-hybridized carbons (Fsp3) is 0.833. The van der Waals surface area contributed by atoms with Crippen molar-refractivity contribution in [1.82, 2.24) is 0 Å². The molecule has 0 saturated heterocycles. The largest absolute Gasteiger partial charge is 0.0857 e. The summed E-state index contributed by atoms with van der Waals surface area (Å²) in [5.41, 5.74) is 0. The molecule has 0 radical (unpaired) electrons. The van der Waals surface area contributed by atoms with Crippen LogP contribution in [0.1, 0.15) is 41.5 Å². The van der Waals surface area contributed by atoms with Crippen LogP contribution in [0.5, 0.6) is 0 Å². The average Bonchev–Trinajstić information content (AvgIpc) is 1.84. The van der Waals surface area contributed by atoms with Crippen molar-refractivity contribution in [2.24, 2.45) is 23.7 Å². The number of allylic oxidation sites excluding steroid dienone is 2.